The summed E-state index contributed by atoms with van der Waals surface area (Å²) in [6, 6.07) is 11.0. The smallest absolute Gasteiger partial charge is 0.221 e. The zero-order chi connectivity index (χ0) is 14.8. The predicted molar refractivity (Wildman–Crippen MR) is 87.3 cm³/mol. The van der Waals surface area contributed by atoms with Crippen molar-refractivity contribution in [1.29, 1.82) is 0 Å². The van der Waals surface area contributed by atoms with Crippen LogP contribution in [0.2, 0.25) is 0 Å². The van der Waals surface area contributed by atoms with Crippen molar-refractivity contribution in [3.8, 4) is 0 Å². The SMILES string of the molecule is O=C(CCNCCCc1ccccc1)NC1CCCCC1. The average Bonchev–Trinajstić information content (AvgIpc) is 2.53. The summed E-state index contributed by atoms with van der Waals surface area (Å²) in [7, 11) is 0. The highest BCUT2D eigenvalue weighted by Crippen LogP contribution is 2.17. The van der Waals surface area contributed by atoms with Crippen molar-refractivity contribution >= 4 is 5.91 Å². The van der Waals surface area contributed by atoms with E-state index in [9.17, 15) is 4.79 Å². The van der Waals surface area contributed by atoms with E-state index in [0.717, 1.165) is 38.8 Å². The lowest BCUT2D eigenvalue weighted by molar-refractivity contribution is -0.121. The minimum absolute atomic E-state index is 0.206. The van der Waals surface area contributed by atoms with Crippen LogP contribution in [0.3, 0.4) is 0 Å². The molecule has 0 aromatic heterocycles. The van der Waals surface area contributed by atoms with Crippen molar-refractivity contribution in [3.63, 3.8) is 0 Å². The number of aryl methyl sites for hydroxylation is 1. The molecule has 0 heterocycles. The van der Waals surface area contributed by atoms with Crippen LogP contribution in [0.1, 0.15) is 50.5 Å². The Morgan fingerprint density at radius 1 is 1.05 bits per heavy atom. The molecule has 0 unspecified atom stereocenters. The summed E-state index contributed by atoms with van der Waals surface area (Å²) in [4.78, 5) is 11.8. The first-order valence-electron chi connectivity index (χ1n) is 8.38. The summed E-state index contributed by atoms with van der Waals surface area (Å²) in [6.45, 7) is 1.76. The van der Waals surface area contributed by atoms with Gasteiger partial charge in [-0.3, -0.25) is 4.79 Å². The first kappa shape index (κ1) is 16.0. The number of hydrogen-bond acceptors (Lipinski definition) is 2. The van der Waals surface area contributed by atoms with Crippen molar-refractivity contribution < 1.29 is 4.79 Å². The lowest BCUT2D eigenvalue weighted by Crippen LogP contribution is -2.37. The van der Waals surface area contributed by atoms with Gasteiger partial charge in [0.25, 0.3) is 0 Å². The molecule has 1 fully saturated rings. The van der Waals surface area contributed by atoms with Crippen LogP contribution in [0.15, 0.2) is 30.3 Å². The number of nitrogens with one attached hydrogen (secondary N) is 2. The van der Waals surface area contributed by atoms with Crippen LogP contribution in [-0.2, 0) is 11.2 Å². The van der Waals surface area contributed by atoms with Crippen LogP contribution in [-0.4, -0.2) is 25.0 Å². The van der Waals surface area contributed by atoms with Gasteiger partial charge in [-0.15, -0.1) is 0 Å². The molecular weight excluding hydrogens is 260 g/mol. The molecule has 1 aromatic rings. The Kier molecular flexibility index (Phi) is 7.30. The van der Waals surface area contributed by atoms with Gasteiger partial charge < -0.3 is 10.6 Å². The van der Waals surface area contributed by atoms with Gasteiger partial charge in [-0.25, -0.2) is 0 Å². The first-order valence-corrected chi connectivity index (χ1v) is 8.38. The van der Waals surface area contributed by atoms with Gasteiger partial charge >= 0.3 is 0 Å². The Hall–Kier alpha value is -1.35. The van der Waals surface area contributed by atoms with Crippen molar-refractivity contribution in [2.75, 3.05) is 13.1 Å². The van der Waals surface area contributed by atoms with Gasteiger partial charge in [0, 0.05) is 19.0 Å². The molecule has 3 heteroatoms. The summed E-state index contributed by atoms with van der Waals surface area (Å²) < 4.78 is 0. The fraction of sp³-hybridized carbons (Fsp3) is 0.611. The molecule has 0 spiro atoms. The van der Waals surface area contributed by atoms with Crippen LogP contribution in [0, 0.1) is 0 Å². The molecular formula is C18H28N2O. The summed E-state index contributed by atoms with van der Waals surface area (Å²) in [5.74, 6) is 0.206. The maximum absolute atomic E-state index is 11.8. The maximum Gasteiger partial charge on any atom is 0.221 e. The third-order valence-corrected chi connectivity index (χ3v) is 4.16. The monoisotopic (exact) mass is 288 g/mol. The summed E-state index contributed by atoms with van der Waals surface area (Å²) >= 11 is 0. The van der Waals surface area contributed by atoms with Gasteiger partial charge in [-0.2, -0.15) is 0 Å². The maximum atomic E-state index is 11.8. The molecule has 2 rings (SSSR count). The number of hydrogen-bond donors (Lipinski definition) is 2. The molecule has 116 valence electrons. The van der Waals surface area contributed by atoms with Crippen molar-refractivity contribution in [2.45, 2.75) is 57.4 Å². The molecule has 21 heavy (non-hydrogen) atoms. The second-order valence-electron chi connectivity index (χ2n) is 5.99. The fourth-order valence-corrected chi connectivity index (χ4v) is 2.94. The van der Waals surface area contributed by atoms with Gasteiger partial charge in [0.05, 0.1) is 0 Å². The number of carbonyl (C=O) groups is 1. The van der Waals surface area contributed by atoms with E-state index in [4.69, 9.17) is 0 Å². The third kappa shape index (κ3) is 6.76. The van der Waals surface area contributed by atoms with E-state index >= 15 is 0 Å². The number of carbonyl (C=O) groups excluding carboxylic acids is 1. The van der Waals surface area contributed by atoms with E-state index < -0.39 is 0 Å². The normalized spacial score (nSPS) is 15.8. The molecule has 1 saturated carbocycles. The Morgan fingerprint density at radius 3 is 2.57 bits per heavy atom. The molecule has 0 radical (unpaired) electrons. The zero-order valence-electron chi connectivity index (χ0n) is 12.9. The first-order chi connectivity index (χ1) is 10.3. The molecule has 1 aliphatic carbocycles. The Bertz CT molecular complexity index is 399. The molecule has 2 N–H and O–H groups in total. The molecule has 3 nitrogen and oxygen atoms in total. The predicted octanol–water partition coefficient (Wildman–Crippen LogP) is 3.05. The summed E-state index contributed by atoms with van der Waals surface area (Å²) in [6.07, 6.45) is 9.01. The van der Waals surface area contributed by atoms with Gasteiger partial charge in [0.2, 0.25) is 5.91 Å². The van der Waals surface area contributed by atoms with E-state index in [1.54, 1.807) is 0 Å². The van der Waals surface area contributed by atoms with E-state index in [0.29, 0.717) is 12.5 Å². The molecule has 0 saturated heterocycles. The highest BCUT2D eigenvalue weighted by atomic mass is 16.1. The summed E-state index contributed by atoms with van der Waals surface area (Å²) in [5.41, 5.74) is 1.38. The summed E-state index contributed by atoms with van der Waals surface area (Å²) in [5, 5.41) is 6.52. The van der Waals surface area contributed by atoms with E-state index in [-0.39, 0.29) is 5.91 Å². The van der Waals surface area contributed by atoms with Gasteiger partial charge in [0.15, 0.2) is 0 Å². The van der Waals surface area contributed by atoms with Crippen LogP contribution in [0.5, 0.6) is 0 Å². The topological polar surface area (TPSA) is 41.1 Å². The fourth-order valence-electron chi connectivity index (χ4n) is 2.94. The van der Waals surface area contributed by atoms with Gasteiger partial charge in [0.1, 0.15) is 0 Å². The van der Waals surface area contributed by atoms with E-state index in [2.05, 4.69) is 34.9 Å². The van der Waals surface area contributed by atoms with E-state index in [1.807, 2.05) is 6.07 Å². The highest BCUT2D eigenvalue weighted by Gasteiger charge is 2.14. The largest absolute Gasteiger partial charge is 0.353 e. The lowest BCUT2D eigenvalue weighted by Gasteiger charge is -2.22. The minimum Gasteiger partial charge on any atom is -0.353 e. The van der Waals surface area contributed by atoms with Gasteiger partial charge in [-0.1, -0.05) is 49.6 Å². The van der Waals surface area contributed by atoms with Crippen molar-refractivity contribution in [1.82, 2.24) is 10.6 Å². The minimum atomic E-state index is 0.206. The van der Waals surface area contributed by atoms with Crippen LogP contribution >= 0.6 is 0 Å². The van der Waals surface area contributed by atoms with Crippen LogP contribution < -0.4 is 10.6 Å². The van der Waals surface area contributed by atoms with E-state index in [1.165, 1.54) is 24.8 Å². The van der Waals surface area contributed by atoms with Crippen LogP contribution in [0.4, 0.5) is 0 Å². The Labute approximate surface area is 128 Å². The van der Waals surface area contributed by atoms with Crippen LogP contribution in [0.25, 0.3) is 0 Å². The molecule has 1 aliphatic rings. The second kappa shape index (κ2) is 9.56. The average molecular weight is 288 g/mol. The molecule has 1 aromatic carbocycles. The zero-order valence-corrected chi connectivity index (χ0v) is 12.9. The standard InChI is InChI=1S/C18H28N2O/c21-18(20-17-11-5-2-6-12-17)13-15-19-14-7-10-16-8-3-1-4-9-16/h1,3-4,8-9,17,19H,2,5-7,10-15H2,(H,20,21). The highest BCUT2D eigenvalue weighted by molar-refractivity contribution is 5.76. The number of rotatable bonds is 8. The molecule has 0 atom stereocenters. The number of benzene rings is 1. The van der Waals surface area contributed by atoms with Crippen molar-refractivity contribution in [3.05, 3.63) is 35.9 Å². The lowest BCUT2D eigenvalue weighted by atomic mass is 9.95. The van der Waals surface area contributed by atoms with Gasteiger partial charge in [-0.05, 0) is 37.8 Å². The Balaban J connectivity index is 1.46. The number of amides is 1. The quantitative estimate of drug-likeness (QED) is 0.722. The Morgan fingerprint density at radius 2 is 1.81 bits per heavy atom. The third-order valence-electron chi connectivity index (χ3n) is 4.16. The second-order valence-corrected chi connectivity index (χ2v) is 5.99. The van der Waals surface area contributed by atoms with Crippen molar-refractivity contribution in [2.24, 2.45) is 0 Å². The molecule has 0 bridgehead atoms. The molecule has 0 aliphatic heterocycles. The molecule has 1 amide bonds.